The van der Waals surface area contributed by atoms with Crippen LogP contribution in [0.4, 0.5) is 10.8 Å². The van der Waals surface area contributed by atoms with Gasteiger partial charge in [-0.25, -0.2) is 4.98 Å². The van der Waals surface area contributed by atoms with Gasteiger partial charge in [0, 0.05) is 11.6 Å². The summed E-state index contributed by atoms with van der Waals surface area (Å²) in [7, 11) is 0. The zero-order valence-corrected chi connectivity index (χ0v) is 12.0. The number of nitrogens with one attached hydrogen (secondary N) is 2. The van der Waals surface area contributed by atoms with Crippen LogP contribution in [0.2, 0.25) is 5.02 Å². The average molecular weight is 296 g/mol. The Morgan fingerprint density at radius 1 is 1.47 bits per heavy atom. The first-order chi connectivity index (χ1) is 9.20. The maximum Gasteiger partial charge on any atom is 0.248 e. The molecule has 1 heterocycles. The van der Waals surface area contributed by atoms with Crippen molar-refractivity contribution in [1.29, 1.82) is 0 Å². The Bertz CT molecular complexity index is 545. The highest BCUT2D eigenvalue weighted by atomic mass is 35.5. The number of rotatable bonds is 5. The summed E-state index contributed by atoms with van der Waals surface area (Å²) >= 11 is 7.46. The standard InChI is InChI=1S/C13H14ClN3OS/c1-2-10(12(18)17-13-15-7-8-19-13)16-11-6-4-3-5-9(11)14/h3-8,10,16H,2H2,1H3,(H,15,17,18)/t10-/m0/s1. The number of anilines is 2. The van der Waals surface area contributed by atoms with Gasteiger partial charge in [0.25, 0.3) is 0 Å². The summed E-state index contributed by atoms with van der Waals surface area (Å²) in [6.45, 7) is 1.94. The molecule has 1 aromatic heterocycles. The smallest absolute Gasteiger partial charge is 0.248 e. The topological polar surface area (TPSA) is 54.0 Å². The molecule has 19 heavy (non-hydrogen) atoms. The number of thiazole rings is 1. The quantitative estimate of drug-likeness (QED) is 0.886. The van der Waals surface area contributed by atoms with Crippen molar-refractivity contribution in [3.8, 4) is 0 Å². The highest BCUT2D eigenvalue weighted by molar-refractivity contribution is 7.13. The van der Waals surface area contributed by atoms with E-state index >= 15 is 0 Å². The van der Waals surface area contributed by atoms with Crippen LogP contribution in [0.1, 0.15) is 13.3 Å². The number of amides is 1. The molecule has 0 bridgehead atoms. The highest BCUT2D eigenvalue weighted by Crippen LogP contribution is 2.22. The Hall–Kier alpha value is -1.59. The molecule has 0 radical (unpaired) electrons. The van der Waals surface area contributed by atoms with E-state index in [1.807, 2.05) is 30.5 Å². The molecule has 0 saturated carbocycles. The normalized spacial score (nSPS) is 11.9. The molecule has 100 valence electrons. The minimum Gasteiger partial charge on any atom is -0.372 e. The van der Waals surface area contributed by atoms with E-state index in [1.165, 1.54) is 11.3 Å². The number of nitrogens with zero attached hydrogens (tertiary/aromatic N) is 1. The SMILES string of the molecule is CC[C@H](Nc1ccccc1Cl)C(=O)Nc1nccs1. The van der Waals surface area contributed by atoms with Crippen molar-refractivity contribution in [1.82, 2.24) is 4.98 Å². The second-order valence-electron chi connectivity index (χ2n) is 3.91. The number of carbonyl (C=O) groups is 1. The lowest BCUT2D eigenvalue weighted by Gasteiger charge is -2.17. The van der Waals surface area contributed by atoms with Gasteiger partial charge in [0.2, 0.25) is 5.91 Å². The number of carbonyl (C=O) groups excluding carboxylic acids is 1. The van der Waals surface area contributed by atoms with Gasteiger partial charge in [-0.2, -0.15) is 0 Å². The number of aromatic nitrogens is 1. The molecule has 1 aromatic carbocycles. The summed E-state index contributed by atoms with van der Waals surface area (Å²) < 4.78 is 0. The zero-order valence-electron chi connectivity index (χ0n) is 10.4. The molecular formula is C13H14ClN3OS. The van der Waals surface area contributed by atoms with E-state index in [1.54, 1.807) is 12.3 Å². The van der Waals surface area contributed by atoms with Gasteiger partial charge in [-0.3, -0.25) is 4.79 Å². The van der Waals surface area contributed by atoms with Crippen LogP contribution in [-0.4, -0.2) is 16.9 Å². The molecule has 0 unspecified atom stereocenters. The number of para-hydroxylation sites is 1. The monoisotopic (exact) mass is 295 g/mol. The van der Waals surface area contributed by atoms with E-state index in [0.29, 0.717) is 16.6 Å². The predicted octanol–water partition coefficient (Wildman–Crippen LogP) is 3.63. The van der Waals surface area contributed by atoms with Crippen LogP contribution in [-0.2, 0) is 4.79 Å². The molecule has 1 amide bonds. The number of hydrogen-bond acceptors (Lipinski definition) is 4. The summed E-state index contributed by atoms with van der Waals surface area (Å²) in [4.78, 5) is 16.1. The number of halogens is 1. The molecule has 0 aliphatic heterocycles. The largest absolute Gasteiger partial charge is 0.372 e. The number of benzene rings is 1. The molecule has 0 saturated heterocycles. The lowest BCUT2D eigenvalue weighted by molar-refractivity contribution is -0.116. The van der Waals surface area contributed by atoms with Gasteiger partial charge in [0.15, 0.2) is 5.13 Å². The van der Waals surface area contributed by atoms with Crippen LogP contribution in [0.5, 0.6) is 0 Å². The predicted molar refractivity (Wildman–Crippen MR) is 79.9 cm³/mol. The van der Waals surface area contributed by atoms with Crippen molar-refractivity contribution in [3.63, 3.8) is 0 Å². The molecule has 6 heteroatoms. The maximum atomic E-state index is 12.1. The maximum absolute atomic E-state index is 12.1. The van der Waals surface area contributed by atoms with Crippen LogP contribution in [0.25, 0.3) is 0 Å². The van der Waals surface area contributed by atoms with Crippen LogP contribution < -0.4 is 10.6 Å². The van der Waals surface area contributed by atoms with Crippen molar-refractivity contribution in [2.45, 2.75) is 19.4 Å². The van der Waals surface area contributed by atoms with E-state index < -0.39 is 0 Å². The first-order valence-electron chi connectivity index (χ1n) is 5.92. The minimum absolute atomic E-state index is 0.114. The number of hydrogen-bond donors (Lipinski definition) is 2. The van der Waals surface area contributed by atoms with Gasteiger partial charge in [-0.1, -0.05) is 30.7 Å². The third-order valence-corrected chi connectivity index (χ3v) is 3.61. The summed E-state index contributed by atoms with van der Waals surface area (Å²) in [5.74, 6) is -0.114. The Balaban J connectivity index is 2.04. The summed E-state index contributed by atoms with van der Waals surface area (Å²) in [6, 6.07) is 7.02. The van der Waals surface area contributed by atoms with Gasteiger partial charge < -0.3 is 10.6 Å². The summed E-state index contributed by atoms with van der Waals surface area (Å²) in [5, 5.41) is 8.94. The third-order valence-electron chi connectivity index (χ3n) is 2.59. The average Bonchev–Trinajstić information content (AvgIpc) is 2.90. The van der Waals surface area contributed by atoms with E-state index in [0.717, 1.165) is 5.69 Å². The van der Waals surface area contributed by atoms with Gasteiger partial charge in [-0.05, 0) is 18.6 Å². The second kappa shape index (κ2) is 6.54. The van der Waals surface area contributed by atoms with Crippen molar-refractivity contribution in [2.75, 3.05) is 10.6 Å². The van der Waals surface area contributed by atoms with Crippen LogP contribution in [0.15, 0.2) is 35.8 Å². The zero-order chi connectivity index (χ0) is 13.7. The fraction of sp³-hybridized carbons (Fsp3) is 0.231. The molecule has 0 aliphatic rings. The van der Waals surface area contributed by atoms with Crippen LogP contribution in [0.3, 0.4) is 0 Å². The van der Waals surface area contributed by atoms with Gasteiger partial charge in [0.1, 0.15) is 6.04 Å². The van der Waals surface area contributed by atoms with Gasteiger partial charge in [0.05, 0.1) is 10.7 Å². The molecule has 2 aromatic rings. The fourth-order valence-corrected chi connectivity index (χ4v) is 2.32. The molecule has 0 fully saturated rings. The van der Waals surface area contributed by atoms with E-state index in [4.69, 9.17) is 11.6 Å². The minimum atomic E-state index is -0.344. The van der Waals surface area contributed by atoms with E-state index in [-0.39, 0.29) is 11.9 Å². The molecule has 2 N–H and O–H groups in total. The van der Waals surface area contributed by atoms with Gasteiger partial charge >= 0.3 is 0 Å². The third kappa shape index (κ3) is 3.68. The summed E-state index contributed by atoms with van der Waals surface area (Å²) in [6.07, 6.45) is 2.31. The summed E-state index contributed by atoms with van der Waals surface area (Å²) in [5.41, 5.74) is 0.755. The van der Waals surface area contributed by atoms with E-state index in [9.17, 15) is 4.79 Å². The molecule has 0 aliphatic carbocycles. The van der Waals surface area contributed by atoms with Crippen molar-refractivity contribution in [2.24, 2.45) is 0 Å². The molecular weight excluding hydrogens is 282 g/mol. The van der Waals surface area contributed by atoms with Crippen LogP contribution >= 0.6 is 22.9 Å². The van der Waals surface area contributed by atoms with Crippen molar-refractivity contribution in [3.05, 3.63) is 40.9 Å². The molecule has 2 rings (SSSR count). The Morgan fingerprint density at radius 3 is 2.89 bits per heavy atom. The lowest BCUT2D eigenvalue weighted by atomic mass is 10.2. The fourth-order valence-electron chi connectivity index (χ4n) is 1.60. The first kappa shape index (κ1) is 13.8. The lowest BCUT2D eigenvalue weighted by Crippen LogP contribution is -2.34. The molecule has 4 nitrogen and oxygen atoms in total. The Kier molecular flexibility index (Phi) is 4.76. The Labute approximate surface area is 120 Å². The Morgan fingerprint density at radius 2 is 2.26 bits per heavy atom. The molecule has 0 spiro atoms. The van der Waals surface area contributed by atoms with Crippen molar-refractivity contribution >= 4 is 39.7 Å². The highest BCUT2D eigenvalue weighted by Gasteiger charge is 2.17. The van der Waals surface area contributed by atoms with Crippen LogP contribution in [0, 0.1) is 0 Å². The van der Waals surface area contributed by atoms with Gasteiger partial charge in [-0.15, -0.1) is 11.3 Å². The second-order valence-corrected chi connectivity index (χ2v) is 5.21. The molecule has 1 atom stereocenters. The van der Waals surface area contributed by atoms with Crippen molar-refractivity contribution < 1.29 is 4.79 Å². The van der Waals surface area contributed by atoms with E-state index in [2.05, 4.69) is 15.6 Å². The first-order valence-corrected chi connectivity index (χ1v) is 7.18.